The van der Waals surface area contributed by atoms with Crippen LogP contribution < -0.4 is 10.6 Å². The second-order valence-corrected chi connectivity index (χ2v) is 3.86. The van der Waals surface area contributed by atoms with Crippen molar-refractivity contribution in [3.8, 4) is 0 Å². The van der Waals surface area contributed by atoms with Gasteiger partial charge in [0.15, 0.2) is 0 Å². The standard InChI is InChI=1S/C12H19ClN2/c1-14-12(7-9-15-10-8-13)11-5-3-2-4-6-11/h2-6,12,14-15H,7-10H2,1H3. The highest BCUT2D eigenvalue weighted by Crippen LogP contribution is 2.14. The van der Waals surface area contributed by atoms with E-state index in [1.165, 1.54) is 5.56 Å². The summed E-state index contributed by atoms with van der Waals surface area (Å²) in [6, 6.07) is 10.9. The minimum atomic E-state index is 0.425. The van der Waals surface area contributed by atoms with Gasteiger partial charge in [0.2, 0.25) is 0 Å². The summed E-state index contributed by atoms with van der Waals surface area (Å²) in [4.78, 5) is 0. The first-order chi connectivity index (χ1) is 7.38. The van der Waals surface area contributed by atoms with Crippen LogP contribution in [-0.2, 0) is 0 Å². The normalized spacial score (nSPS) is 12.7. The summed E-state index contributed by atoms with van der Waals surface area (Å²) in [6.45, 7) is 1.87. The fourth-order valence-corrected chi connectivity index (χ4v) is 1.73. The van der Waals surface area contributed by atoms with Crippen molar-refractivity contribution in [2.24, 2.45) is 0 Å². The predicted octanol–water partition coefficient (Wildman–Crippen LogP) is 2.17. The largest absolute Gasteiger partial charge is 0.315 e. The molecule has 0 amide bonds. The van der Waals surface area contributed by atoms with E-state index in [-0.39, 0.29) is 0 Å². The van der Waals surface area contributed by atoms with Gasteiger partial charge in [0.1, 0.15) is 0 Å². The number of alkyl halides is 1. The highest BCUT2D eigenvalue weighted by molar-refractivity contribution is 6.18. The Bertz CT molecular complexity index is 251. The van der Waals surface area contributed by atoms with Crippen LogP contribution in [-0.4, -0.2) is 26.0 Å². The number of hydrogen-bond acceptors (Lipinski definition) is 2. The van der Waals surface area contributed by atoms with Gasteiger partial charge in [-0.3, -0.25) is 0 Å². The van der Waals surface area contributed by atoms with Crippen LogP contribution in [0.4, 0.5) is 0 Å². The van der Waals surface area contributed by atoms with Crippen LogP contribution in [0.15, 0.2) is 30.3 Å². The fourth-order valence-electron chi connectivity index (χ4n) is 1.60. The summed E-state index contributed by atoms with van der Waals surface area (Å²) in [5, 5.41) is 6.62. The van der Waals surface area contributed by atoms with Gasteiger partial charge in [0.05, 0.1) is 0 Å². The molecule has 84 valence electrons. The zero-order valence-electron chi connectivity index (χ0n) is 9.17. The molecule has 0 heterocycles. The molecule has 0 radical (unpaired) electrons. The van der Waals surface area contributed by atoms with Crippen molar-refractivity contribution in [1.82, 2.24) is 10.6 Å². The SMILES string of the molecule is CNC(CCNCCCl)c1ccccc1. The molecule has 1 aromatic carbocycles. The van der Waals surface area contributed by atoms with E-state index in [2.05, 4.69) is 34.9 Å². The van der Waals surface area contributed by atoms with Gasteiger partial charge >= 0.3 is 0 Å². The molecule has 1 aromatic rings. The van der Waals surface area contributed by atoms with Gasteiger partial charge in [-0.15, -0.1) is 11.6 Å². The predicted molar refractivity (Wildman–Crippen MR) is 66.4 cm³/mol. The molecule has 0 saturated heterocycles. The van der Waals surface area contributed by atoms with E-state index in [4.69, 9.17) is 11.6 Å². The first kappa shape index (κ1) is 12.5. The maximum atomic E-state index is 5.59. The monoisotopic (exact) mass is 226 g/mol. The van der Waals surface area contributed by atoms with Crippen molar-refractivity contribution in [2.75, 3.05) is 26.0 Å². The highest BCUT2D eigenvalue weighted by Gasteiger charge is 2.06. The van der Waals surface area contributed by atoms with Gasteiger partial charge in [-0.05, 0) is 25.6 Å². The average molecular weight is 227 g/mol. The molecule has 1 unspecified atom stereocenters. The van der Waals surface area contributed by atoms with Gasteiger partial charge in [-0.1, -0.05) is 30.3 Å². The third kappa shape index (κ3) is 4.65. The number of halogens is 1. The lowest BCUT2D eigenvalue weighted by Crippen LogP contribution is -2.24. The van der Waals surface area contributed by atoms with Gasteiger partial charge in [-0.2, -0.15) is 0 Å². The van der Waals surface area contributed by atoms with Crippen molar-refractivity contribution in [1.29, 1.82) is 0 Å². The van der Waals surface area contributed by atoms with Crippen molar-refractivity contribution in [2.45, 2.75) is 12.5 Å². The van der Waals surface area contributed by atoms with Crippen molar-refractivity contribution < 1.29 is 0 Å². The Morgan fingerprint density at radius 2 is 1.93 bits per heavy atom. The van der Waals surface area contributed by atoms with Gasteiger partial charge in [-0.25, -0.2) is 0 Å². The van der Waals surface area contributed by atoms with Crippen LogP contribution in [0, 0.1) is 0 Å². The summed E-state index contributed by atoms with van der Waals surface area (Å²) in [6.07, 6.45) is 1.08. The van der Waals surface area contributed by atoms with Crippen LogP contribution in [0.1, 0.15) is 18.0 Å². The minimum absolute atomic E-state index is 0.425. The molecule has 15 heavy (non-hydrogen) atoms. The Kier molecular flexibility index (Phi) is 6.41. The van der Waals surface area contributed by atoms with E-state index >= 15 is 0 Å². The maximum Gasteiger partial charge on any atom is 0.0348 e. The van der Waals surface area contributed by atoms with E-state index in [0.717, 1.165) is 19.5 Å². The van der Waals surface area contributed by atoms with Gasteiger partial charge in [0.25, 0.3) is 0 Å². The summed E-state index contributed by atoms with van der Waals surface area (Å²) in [5.74, 6) is 0.676. The fraction of sp³-hybridized carbons (Fsp3) is 0.500. The van der Waals surface area contributed by atoms with Crippen molar-refractivity contribution in [3.05, 3.63) is 35.9 Å². The number of rotatable bonds is 7. The van der Waals surface area contributed by atoms with Crippen LogP contribution >= 0.6 is 11.6 Å². The number of benzene rings is 1. The first-order valence-corrected chi connectivity index (χ1v) is 5.91. The molecule has 0 aromatic heterocycles. The summed E-state index contributed by atoms with van der Waals surface area (Å²) in [5.41, 5.74) is 1.34. The average Bonchev–Trinajstić information content (AvgIpc) is 2.30. The molecule has 0 bridgehead atoms. The van der Waals surface area contributed by atoms with Gasteiger partial charge < -0.3 is 10.6 Å². The molecule has 1 rings (SSSR count). The molecule has 2 N–H and O–H groups in total. The lowest BCUT2D eigenvalue weighted by atomic mass is 10.0. The van der Waals surface area contributed by atoms with E-state index in [0.29, 0.717) is 11.9 Å². The van der Waals surface area contributed by atoms with Crippen LogP contribution in [0.25, 0.3) is 0 Å². The Morgan fingerprint density at radius 1 is 1.20 bits per heavy atom. The molecule has 0 aliphatic carbocycles. The lowest BCUT2D eigenvalue weighted by Gasteiger charge is -2.16. The van der Waals surface area contributed by atoms with E-state index < -0.39 is 0 Å². The molecule has 0 saturated carbocycles. The quantitative estimate of drug-likeness (QED) is 0.550. The molecule has 1 atom stereocenters. The first-order valence-electron chi connectivity index (χ1n) is 5.37. The third-order valence-corrected chi connectivity index (χ3v) is 2.62. The molecule has 0 spiro atoms. The Labute approximate surface area is 97.0 Å². The zero-order valence-corrected chi connectivity index (χ0v) is 9.93. The van der Waals surface area contributed by atoms with Crippen LogP contribution in [0.5, 0.6) is 0 Å². The van der Waals surface area contributed by atoms with E-state index in [1.54, 1.807) is 0 Å². The lowest BCUT2D eigenvalue weighted by molar-refractivity contribution is 0.523. The minimum Gasteiger partial charge on any atom is -0.315 e. The topological polar surface area (TPSA) is 24.1 Å². The van der Waals surface area contributed by atoms with Crippen LogP contribution in [0.2, 0.25) is 0 Å². The summed E-state index contributed by atoms with van der Waals surface area (Å²) >= 11 is 5.59. The maximum absolute atomic E-state index is 5.59. The Hall–Kier alpha value is -0.570. The smallest absolute Gasteiger partial charge is 0.0348 e. The third-order valence-electron chi connectivity index (χ3n) is 2.43. The molecular formula is C12H19ClN2. The van der Waals surface area contributed by atoms with Crippen molar-refractivity contribution in [3.63, 3.8) is 0 Å². The van der Waals surface area contributed by atoms with Crippen molar-refractivity contribution >= 4 is 11.6 Å². The molecule has 0 fully saturated rings. The second-order valence-electron chi connectivity index (χ2n) is 3.48. The van der Waals surface area contributed by atoms with Gasteiger partial charge in [0, 0.05) is 18.5 Å². The second kappa shape index (κ2) is 7.69. The zero-order chi connectivity index (χ0) is 10.9. The van der Waals surface area contributed by atoms with E-state index in [1.807, 2.05) is 13.1 Å². The number of hydrogen-bond donors (Lipinski definition) is 2. The van der Waals surface area contributed by atoms with Crippen LogP contribution in [0.3, 0.4) is 0 Å². The molecule has 3 heteroatoms. The molecule has 0 aliphatic heterocycles. The molecular weight excluding hydrogens is 208 g/mol. The molecule has 2 nitrogen and oxygen atoms in total. The number of nitrogens with one attached hydrogen (secondary N) is 2. The summed E-state index contributed by atoms with van der Waals surface area (Å²) in [7, 11) is 2.00. The Morgan fingerprint density at radius 3 is 2.53 bits per heavy atom. The Balaban J connectivity index is 2.36. The molecule has 0 aliphatic rings. The summed E-state index contributed by atoms with van der Waals surface area (Å²) < 4.78 is 0. The highest BCUT2D eigenvalue weighted by atomic mass is 35.5. The van der Waals surface area contributed by atoms with E-state index in [9.17, 15) is 0 Å².